The lowest BCUT2D eigenvalue weighted by molar-refractivity contribution is 0.0363. The van der Waals surface area contributed by atoms with E-state index in [9.17, 15) is 0 Å². The smallest absolute Gasteiger partial charge is 0.166 e. The predicted octanol–water partition coefficient (Wildman–Crippen LogP) is 2.11. The number of methoxy groups -OCH3 is 1. The van der Waals surface area contributed by atoms with Crippen LogP contribution in [0.5, 0.6) is 11.5 Å². The molecule has 1 aliphatic heterocycles. The lowest BCUT2D eigenvalue weighted by atomic mass is 10.1. The molecule has 0 atom stereocenters. The van der Waals surface area contributed by atoms with Crippen molar-refractivity contribution in [2.75, 3.05) is 27.2 Å². The zero-order valence-corrected chi connectivity index (χ0v) is 11.2. The van der Waals surface area contributed by atoms with E-state index in [0.29, 0.717) is 16.5 Å². The molecule has 0 amide bonds. The van der Waals surface area contributed by atoms with E-state index in [1.807, 2.05) is 7.05 Å². The second-order valence-electron chi connectivity index (χ2n) is 4.39. The van der Waals surface area contributed by atoms with Crippen LogP contribution in [0.15, 0.2) is 12.1 Å². The van der Waals surface area contributed by atoms with Crippen LogP contribution in [0.1, 0.15) is 5.56 Å². The summed E-state index contributed by atoms with van der Waals surface area (Å²) in [7, 11) is 3.61. The normalized spacial score (nSPS) is 15.9. The second-order valence-corrected chi connectivity index (χ2v) is 4.83. The van der Waals surface area contributed by atoms with Gasteiger partial charge in [-0.1, -0.05) is 11.6 Å². The number of nitriles is 1. The fourth-order valence-electron chi connectivity index (χ4n) is 2.01. The van der Waals surface area contributed by atoms with Gasteiger partial charge in [-0.25, -0.2) is 0 Å². The van der Waals surface area contributed by atoms with Crippen LogP contribution in [-0.2, 0) is 6.42 Å². The van der Waals surface area contributed by atoms with E-state index in [1.165, 1.54) is 0 Å². The average molecular weight is 267 g/mol. The van der Waals surface area contributed by atoms with Crippen molar-refractivity contribution in [3.05, 3.63) is 22.7 Å². The van der Waals surface area contributed by atoms with Gasteiger partial charge in [0.25, 0.3) is 0 Å². The molecular formula is C13H15ClN2O2. The van der Waals surface area contributed by atoms with Gasteiger partial charge in [0, 0.05) is 29.7 Å². The highest BCUT2D eigenvalue weighted by atomic mass is 35.5. The minimum Gasteiger partial charge on any atom is -0.493 e. The molecule has 0 N–H and O–H groups in total. The quantitative estimate of drug-likeness (QED) is 0.837. The van der Waals surface area contributed by atoms with Crippen LogP contribution in [-0.4, -0.2) is 38.3 Å². The molecule has 0 radical (unpaired) electrons. The highest BCUT2D eigenvalue weighted by Gasteiger charge is 2.27. The summed E-state index contributed by atoms with van der Waals surface area (Å²) < 4.78 is 11.2. The van der Waals surface area contributed by atoms with Crippen LogP contribution in [0.3, 0.4) is 0 Å². The van der Waals surface area contributed by atoms with E-state index in [2.05, 4.69) is 11.0 Å². The number of likely N-dealkylation sites (tertiary alicyclic amines) is 1. The van der Waals surface area contributed by atoms with Gasteiger partial charge in [-0.2, -0.15) is 5.26 Å². The third kappa shape index (κ3) is 2.69. The highest BCUT2D eigenvalue weighted by Crippen LogP contribution is 2.36. The monoisotopic (exact) mass is 266 g/mol. The standard InChI is InChI=1S/C13H15ClN2O2/c1-16-7-11(8-16)18-13-9(3-4-15)5-10(14)6-12(13)17-2/h5-6,11H,3,7-8H2,1-2H3. The van der Waals surface area contributed by atoms with E-state index in [-0.39, 0.29) is 12.5 Å². The van der Waals surface area contributed by atoms with E-state index < -0.39 is 0 Å². The predicted molar refractivity (Wildman–Crippen MR) is 69.2 cm³/mol. The molecule has 0 bridgehead atoms. The van der Waals surface area contributed by atoms with Crippen molar-refractivity contribution in [2.24, 2.45) is 0 Å². The minimum absolute atomic E-state index is 0.155. The van der Waals surface area contributed by atoms with Crippen molar-refractivity contribution in [3.63, 3.8) is 0 Å². The van der Waals surface area contributed by atoms with Gasteiger partial charge in [-0.3, -0.25) is 4.90 Å². The highest BCUT2D eigenvalue weighted by molar-refractivity contribution is 6.30. The first kappa shape index (κ1) is 13.0. The largest absolute Gasteiger partial charge is 0.493 e. The number of benzene rings is 1. The first-order chi connectivity index (χ1) is 8.63. The second kappa shape index (κ2) is 5.47. The summed E-state index contributed by atoms with van der Waals surface area (Å²) >= 11 is 5.99. The van der Waals surface area contributed by atoms with Gasteiger partial charge in [0.1, 0.15) is 6.10 Å². The molecule has 1 aliphatic rings. The van der Waals surface area contributed by atoms with E-state index in [0.717, 1.165) is 18.7 Å². The summed E-state index contributed by atoms with van der Waals surface area (Å²) in [6, 6.07) is 5.58. The minimum atomic E-state index is 0.155. The van der Waals surface area contributed by atoms with Gasteiger partial charge in [0.2, 0.25) is 0 Å². The Bertz CT molecular complexity index is 479. The summed E-state index contributed by atoms with van der Waals surface area (Å²) in [6.07, 6.45) is 0.414. The number of hydrogen-bond acceptors (Lipinski definition) is 4. The molecule has 1 heterocycles. The van der Waals surface area contributed by atoms with Crippen LogP contribution >= 0.6 is 11.6 Å². The number of ether oxygens (including phenoxy) is 2. The van der Waals surface area contributed by atoms with Crippen LogP contribution < -0.4 is 9.47 Å². The Morgan fingerprint density at radius 1 is 1.50 bits per heavy atom. The van der Waals surface area contributed by atoms with Crippen molar-refractivity contribution in [3.8, 4) is 17.6 Å². The molecule has 5 heteroatoms. The summed E-state index contributed by atoms with van der Waals surface area (Å²) in [4.78, 5) is 2.16. The van der Waals surface area contributed by atoms with Crippen LogP contribution in [0.2, 0.25) is 5.02 Å². The van der Waals surface area contributed by atoms with Crippen LogP contribution in [0.25, 0.3) is 0 Å². The molecule has 1 saturated heterocycles. The summed E-state index contributed by atoms with van der Waals surface area (Å²) in [5.41, 5.74) is 0.774. The summed E-state index contributed by atoms with van der Waals surface area (Å²) in [5, 5.41) is 9.40. The molecule has 0 aliphatic carbocycles. The number of halogens is 1. The Morgan fingerprint density at radius 2 is 2.22 bits per heavy atom. The summed E-state index contributed by atoms with van der Waals surface area (Å²) in [5.74, 6) is 1.23. The van der Waals surface area contributed by atoms with Gasteiger partial charge in [0.15, 0.2) is 11.5 Å². The van der Waals surface area contributed by atoms with Crippen molar-refractivity contribution < 1.29 is 9.47 Å². The average Bonchev–Trinajstić information content (AvgIpc) is 2.30. The third-order valence-electron chi connectivity index (χ3n) is 2.90. The Kier molecular flexibility index (Phi) is 3.95. The number of rotatable bonds is 4. The van der Waals surface area contributed by atoms with E-state index >= 15 is 0 Å². The summed E-state index contributed by atoms with van der Waals surface area (Å²) in [6.45, 7) is 1.77. The fraction of sp³-hybridized carbons (Fsp3) is 0.462. The Hall–Kier alpha value is -1.44. The first-order valence-corrected chi connectivity index (χ1v) is 6.10. The fourth-order valence-corrected chi connectivity index (χ4v) is 2.24. The first-order valence-electron chi connectivity index (χ1n) is 5.72. The van der Waals surface area contributed by atoms with E-state index in [4.69, 9.17) is 26.3 Å². The molecule has 1 aromatic carbocycles. The van der Waals surface area contributed by atoms with Gasteiger partial charge >= 0.3 is 0 Å². The number of likely N-dealkylation sites (N-methyl/N-ethyl adjacent to an activating group) is 1. The Labute approximate surface area is 112 Å². The molecule has 0 unspecified atom stereocenters. The van der Waals surface area contributed by atoms with Gasteiger partial charge in [-0.15, -0.1) is 0 Å². The van der Waals surface area contributed by atoms with Gasteiger partial charge < -0.3 is 9.47 Å². The molecule has 1 fully saturated rings. The maximum Gasteiger partial charge on any atom is 0.166 e. The molecule has 0 aromatic heterocycles. The SMILES string of the molecule is COc1cc(Cl)cc(CC#N)c1OC1CN(C)C1. The van der Waals surface area contributed by atoms with Gasteiger partial charge in [0.05, 0.1) is 19.6 Å². The van der Waals surface area contributed by atoms with E-state index in [1.54, 1.807) is 19.2 Å². The van der Waals surface area contributed by atoms with Crippen LogP contribution in [0.4, 0.5) is 0 Å². The van der Waals surface area contributed by atoms with Crippen molar-refractivity contribution in [1.29, 1.82) is 5.26 Å². The lowest BCUT2D eigenvalue weighted by Gasteiger charge is -2.36. The van der Waals surface area contributed by atoms with Crippen LogP contribution in [0, 0.1) is 11.3 Å². The number of hydrogen-bond donors (Lipinski definition) is 0. The molecule has 2 rings (SSSR count). The topological polar surface area (TPSA) is 45.5 Å². The Morgan fingerprint density at radius 3 is 2.78 bits per heavy atom. The molecule has 96 valence electrons. The molecule has 0 spiro atoms. The molecule has 1 aromatic rings. The third-order valence-corrected chi connectivity index (χ3v) is 3.12. The van der Waals surface area contributed by atoms with Gasteiger partial charge in [-0.05, 0) is 13.1 Å². The molecular weight excluding hydrogens is 252 g/mol. The lowest BCUT2D eigenvalue weighted by Crippen LogP contribution is -2.51. The maximum absolute atomic E-state index is 8.85. The molecule has 18 heavy (non-hydrogen) atoms. The zero-order valence-electron chi connectivity index (χ0n) is 10.4. The molecule has 4 nitrogen and oxygen atoms in total. The molecule has 0 saturated carbocycles. The maximum atomic E-state index is 8.85. The van der Waals surface area contributed by atoms with Crippen molar-refractivity contribution in [2.45, 2.75) is 12.5 Å². The van der Waals surface area contributed by atoms with Crippen molar-refractivity contribution >= 4 is 11.6 Å². The number of nitrogens with zero attached hydrogens (tertiary/aromatic N) is 2. The zero-order chi connectivity index (χ0) is 13.1. The Balaban J connectivity index is 2.27. The van der Waals surface area contributed by atoms with Crippen molar-refractivity contribution in [1.82, 2.24) is 4.90 Å².